The summed E-state index contributed by atoms with van der Waals surface area (Å²) < 4.78 is 6.12. The molecule has 104 valence electrons. The van der Waals surface area contributed by atoms with Crippen LogP contribution in [0.25, 0.3) is 0 Å². The number of ether oxygens (including phenoxy) is 1. The summed E-state index contributed by atoms with van der Waals surface area (Å²) in [4.78, 5) is 13.4. The Hall–Kier alpha value is -1.07. The molecule has 1 aliphatic rings. The van der Waals surface area contributed by atoms with E-state index in [1.807, 2.05) is 25.1 Å². The van der Waals surface area contributed by atoms with Gasteiger partial charge < -0.3 is 9.84 Å². The van der Waals surface area contributed by atoms with Crippen molar-refractivity contribution in [2.75, 3.05) is 20.2 Å². The summed E-state index contributed by atoms with van der Waals surface area (Å²) in [6.45, 7) is 4.02. The number of nitrogens with zero attached hydrogens (tertiary/aromatic N) is 1. The molecule has 1 aliphatic heterocycles. The number of hydrogen-bond acceptors (Lipinski definition) is 3. The molecule has 0 saturated carbocycles. The van der Waals surface area contributed by atoms with Gasteiger partial charge in [0.05, 0.1) is 17.0 Å². The predicted octanol–water partition coefficient (Wildman–Crippen LogP) is 2.75. The van der Waals surface area contributed by atoms with Gasteiger partial charge in [-0.15, -0.1) is 0 Å². The standard InChI is InChI=1S/C14H18BrNO3/c1-14(13(17)18)5-6-16(9-14)8-10-3-4-12(19-2)11(15)7-10/h3-4,7H,5-6,8-9H2,1-2H3,(H,17,18). The van der Waals surface area contributed by atoms with Crippen LogP contribution >= 0.6 is 15.9 Å². The number of rotatable bonds is 4. The van der Waals surface area contributed by atoms with Crippen LogP contribution in [0.5, 0.6) is 5.75 Å². The number of carbonyl (C=O) groups is 1. The van der Waals surface area contributed by atoms with Gasteiger partial charge >= 0.3 is 5.97 Å². The highest BCUT2D eigenvalue weighted by molar-refractivity contribution is 9.10. The second-order valence-corrected chi connectivity index (χ2v) is 6.15. The molecule has 4 nitrogen and oxygen atoms in total. The van der Waals surface area contributed by atoms with E-state index in [0.29, 0.717) is 13.0 Å². The van der Waals surface area contributed by atoms with Crippen molar-refractivity contribution in [2.45, 2.75) is 19.9 Å². The molecule has 1 heterocycles. The first-order chi connectivity index (χ1) is 8.94. The zero-order chi connectivity index (χ0) is 14.0. The molecular formula is C14H18BrNO3. The lowest BCUT2D eigenvalue weighted by molar-refractivity contribution is -0.147. The summed E-state index contributed by atoms with van der Waals surface area (Å²) in [5.74, 6) is 0.103. The van der Waals surface area contributed by atoms with E-state index < -0.39 is 11.4 Å². The molecule has 1 saturated heterocycles. The predicted molar refractivity (Wildman–Crippen MR) is 76.3 cm³/mol. The number of aliphatic carboxylic acids is 1. The molecule has 0 aromatic heterocycles. The normalized spacial score (nSPS) is 23.5. The van der Waals surface area contributed by atoms with Crippen LogP contribution in [0.1, 0.15) is 18.9 Å². The van der Waals surface area contributed by atoms with Crippen molar-refractivity contribution < 1.29 is 14.6 Å². The van der Waals surface area contributed by atoms with E-state index in [9.17, 15) is 9.90 Å². The van der Waals surface area contributed by atoms with Gasteiger partial charge in [-0.3, -0.25) is 9.69 Å². The number of carboxylic acid groups (broad SMARTS) is 1. The molecule has 1 unspecified atom stereocenters. The van der Waals surface area contributed by atoms with Crippen LogP contribution in [-0.2, 0) is 11.3 Å². The van der Waals surface area contributed by atoms with Crippen molar-refractivity contribution in [1.82, 2.24) is 4.90 Å². The Bertz CT molecular complexity index is 492. The molecule has 0 amide bonds. The van der Waals surface area contributed by atoms with E-state index in [1.165, 1.54) is 0 Å². The maximum absolute atomic E-state index is 11.2. The van der Waals surface area contributed by atoms with Gasteiger partial charge in [-0.2, -0.15) is 0 Å². The fraction of sp³-hybridized carbons (Fsp3) is 0.500. The largest absolute Gasteiger partial charge is 0.496 e. The van der Waals surface area contributed by atoms with Crippen molar-refractivity contribution in [3.63, 3.8) is 0 Å². The van der Waals surface area contributed by atoms with E-state index >= 15 is 0 Å². The number of halogens is 1. The van der Waals surface area contributed by atoms with Crippen LogP contribution in [0, 0.1) is 5.41 Å². The monoisotopic (exact) mass is 327 g/mol. The van der Waals surface area contributed by atoms with E-state index in [2.05, 4.69) is 20.8 Å². The molecule has 0 radical (unpaired) electrons. The second-order valence-electron chi connectivity index (χ2n) is 5.30. The third-order valence-electron chi connectivity index (χ3n) is 3.69. The lowest BCUT2D eigenvalue weighted by Gasteiger charge is -2.20. The Morgan fingerprint density at radius 1 is 1.58 bits per heavy atom. The zero-order valence-electron chi connectivity index (χ0n) is 11.1. The zero-order valence-corrected chi connectivity index (χ0v) is 12.7. The lowest BCUT2D eigenvalue weighted by Crippen LogP contribution is -2.31. The maximum atomic E-state index is 11.2. The Kier molecular flexibility index (Phi) is 4.16. The van der Waals surface area contributed by atoms with Gasteiger partial charge in [0.15, 0.2) is 0 Å². The molecule has 5 heteroatoms. The summed E-state index contributed by atoms with van der Waals surface area (Å²) in [5.41, 5.74) is 0.547. The van der Waals surface area contributed by atoms with Crippen LogP contribution in [-0.4, -0.2) is 36.2 Å². The van der Waals surface area contributed by atoms with Gasteiger partial charge in [0, 0.05) is 13.1 Å². The van der Waals surface area contributed by atoms with E-state index in [1.54, 1.807) is 7.11 Å². The molecule has 1 aromatic rings. The van der Waals surface area contributed by atoms with E-state index in [4.69, 9.17) is 4.74 Å². The Balaban J connectivity index is 2.03. The smallest absolute Gasteiger partial charge is 0.310 e. The molecule has 2 rings (SSSR count). The lowest BCUT2D eigenvalue weighted by atomic mass is 9.90. The minimum atomic E-state index is -0.703. The minimum absolute atomic E-state index is 0.603. The minimum Gasteiger partial charge on any atom is -0.496 e. The van der Waals surface area contributed by atoms with Crippen LogP contribution in [0.4, 0.5) is 0 Å². The third kappa shape index (κ3) is 3.09. The highest BCUT2D eigenvalue weighted by Gasteiger charge is 2.40. The Morgan fingerprint density at radius 3 is 2.84 bits per heavy atom. The number of likely N-dealkylation sites (tertiary alicyclic amines) is 1. The number of methoxy groups -OCH3 is 1. The van der Waals surface area contributed by atoms with Crippen LogP contribution in [0.15, 0.2) is 22.7 Å². The highest BCUT2D eigenvalue weighted by Crippen LogP contribution is 2.32. The van der Waals surface area contributed by atoms with Crippen molar-refractivity contribution in [1.29, 1.82) is 0 Å². The first kappa shape index (κ1) is 14.3. The van der Waals surface area contributed by atoms with E-state index in [-0.39, 0.29) is 0 Å². The molecule has 0 bridgehead atoms. The maximum Gasteiger partial charge on any atom is 0.310 e. The molecule has 1 aromatic carbocycles. The molecule has 19 heavy (non-hydrogen) atoms. The quantitative estimate of drug-likeness (QED) is 0.923. The Morgan fingerprint density at radius 2 is 2.32 bits per heavy atom. The van der Waals surface area contributed by atoms with Gasteiger partial charge in [-0.05, 0) is 53.5 Å². The van der Waals surface area contributed by atoms with Gasteiger partial charge in [-0.25, -0.2) is 0 Å². The fourth-order valence-corrected chi connectivity index (χ4v) is 3.02. The summed E-state index contributed by atoms with van der Waals surface area (Å²) >= 11 is 3.46. The first-order valence-electron chi connectivity index (χ1n) is 6.23. The van der Waals surface area contributed by atoms with Gasteiger partial charge in [0.25, 0.3) is 0 Å². The summed E-state index contributed by atoms with van der Waals surface area (Å²) in [5, 5.41) is 9.22. The van der Waals surface area contributed by atoms with Crippen molar-refractivity contribution in [3.8, 4) is 5.75 Å². The highest BCUT2D eigenvalue weighted by atomic mass is 79.9. The van der Waals surface area contributed by atoms with Crippen LogP contribution in [0.2, 0.25) is 0 Å². The average Bonchev–Trinajstić information content (AvgIpc) is 2.73. The van der Waals surface area contributed by atoms with Crippen molar-refractivity contribution >= 4 is 21.9 Å². The second kappa shape index (κ2) is 5.51. The van der Waals surface area contributed by atoms with Crippen LogP contribution in [0.3, 0.4) is 0 Å². The number of carboxylic acids is 1. The fourth-order valence-electron chi connectivity index (χ4n) is 2.43. The van der Waals surface area contributed by atoms with Crippen LogP contribution < -0.4 is 4.74 Å². The summed E-state index contributed by atoms with van der Waals surface area (Å²) in [6, 6.07) is 5.96. The molecule has 0 aliphatic carbocycles. The van der Waals surface area contributed by atoms with Crippen molar-refractivity contribution in [2.24, 2.45) is 5.41 Å². The number of hydrogen-bond donors (Lipinski definition) is 1. The third-order valence-corrected chi connectivity index (χ3v) is 4.31. The molecule has 1 atom stereocenters. The van der Waals surface area contributed by atoms with Gasteiger partial charge in [-0.1, -0.05) is 6.07 Å². The average molecular weight is 328 g/mol. The van der Waals surface area contributed by atoms with E-state index in [0.717, 1.165) is 28.9 Å². The molecule has 1 fully saturated rings. The molecule has 1 N–H and O–H groups in total. The molecule has 0 spiro atoms. The van der Waals surface area contributed by atoms with Gasteiger partial charge in [0.1, 0.15) is 5.75 Å². The SMILES string of the molecule is COc1ccc(CN2CCC(C)(C(=O)O)C2)cc1Br. The van der Waals surface area contributed by atoms with Gasteiger partial charge in [0.2, 0.25) is 0 Å². The number of benzene rings is 1. The first-order valence-corrected chi connectivity index (χ1v) is 7.02. The Labute approximate surface area is 121 Å². The van der Waals surface area contributed by atoms with Crippen molar-refractivity contribution in [3.05, 3.63) is 28.2 Å². The summed E-state index contributed by atoms with van der Waals surface area (Å²) in [7, 11) is 1.64. The summed E-state index contributed by atoms with van der Waals surface area (Å²) in [6.07, 6.45) is 0.708. The molecular weight excluding hydrogens is 310 g/mol. The topological polar surface area (TPSA) is 49.8 Å².